The largest absolute Gasteiger partial charge is 0.395 e. The minimum atomic E-state index is -0.233. The number of aliphatic hydroxyl groups is 1. The van der Waals surface area contributed by atoms with E-state index < -0.39 is 0 Å². The van der Waals surface area contributed by atoms with Gasteiger partial charge in [0, 0.05) is 12.6 Å². The highest BCUT2D eigenvalue weighted by molar-refractivity contribution is 5.78. The van der Waals surface area contributed by atoms with Crippen LogP contribution in [0.3, 0.4) is 0 Å². The third kappa shape index (κ3) is 3.77. The van der Waals surface area contributed by atoms with E-state index in [1.807, 2.05) is 4.90 Å². The average Bonchev–Trinajstić information content (AvgIpc) is 2.87. The zero-order valence-electron chi connectivity index (χ0n) is 11.7. The number of aliphatic hydroxyl groups excluding tert-OH is 1. The first-order chi connectivity index (χ1) is 9.60. The molecule has 5 heteroatoms. The molecule has 1 atom stereocenters. The number of rotatable bonds is 5. The van der Waals surface area contributed by atoms with E-state index in [1.54, 1.807) is 19.1 Å². The molecule has 1 heterocycles. The summed E-state index contributed by atoms with van der Waals surface area (Å²) >= 11 is 0. The van der Waals surface area contributed by atoms with Gasteiger partial charge in [-0.1, -0.05) is 12.1 Å². The Kier molecular flexibility index (Phi) is 5.09. The molecule has 1 fully saturated rings. The Hall–Kier alpha value is -1.46. The van der Waals surface area contributed by atoms with E-state index >= 15 is 0 Å². The SMILES string of the molecule is Cc1cc(CNC(=O)CN2CCCC2CO)ccc1F. The molecule has 110 valence electrons. The van der Waals surface area contributed by atoms with Gasteiger partial charge in [0.1, 0.15) is 5.82 Å². The standard InChI is InChI=1S/C15H21FN2O2/c1-11-7-12(4-5-14(11)16)8-17-15(20)9-18-6-2-3-13(18)10-19/h4-5,7,13,19H,2-3,6,8-10H2,1H3,(H,17,20). The molecule has 1 unspecified atom stereocenters. The molecule has 1 saturated heterocycles. The molecule has 0 bridgehead atoms. The van der Waals surface area contributed by atoms with E-state index in [4.69, 9.17) is 0 Å². The lowest BCUT2D eigenvalue weighted by molar-refractivity contribution is -0.122. The predicted molar refractivity (Wildman–Crippen MR) is 74.7 cm³/mol. The topological polar surface area (TPSA) is 52.6 Å². The van der Waals surface area contributed by atoms with Crippen molar-refractivity contribution >= 4 is 5.91 Å². The Morgan fingerprint density at radius 2 is 2.35 bits per heavy atom. The number of carbonyl (C=O) groups excluding carboxylic acids is 1. The highest BCUT2D eigenvalue weighted by atomic mass is 19.1. The molecule has 2 N–H and O–H groups in total. The van der Waals surface area contributed by atoms with Crippen LogP contribution < -0.4 is 5.32 Å². The Bertz CT molecular complexity index is 479. The Balaban J connectivity index is 1.81. The number of hydrogen-bond acceptors (Lipinski definition) is 3. The molecule has 0 aromatic heterocycles. The summed E-state index contributed by atoms with van der Waals surface area (Å²) in [6.07, 6.45) is 1.97. The van der Waals surface area contributed by atoms with Crippen LogP contribution in [0.2, 0.25) is 0 Å². The molecule has 0 spiro atoms. The maximum atomic E-state index is 13.1. The maximum Gasteiger partial charge on any atom is 0.234 e. The number of hydrogen-bond donors (Lipinski definition) is 2. The van der Waals surface area contributed by atoms with Gasteiger partial charge in [0.25, 0.3) is 0 Å². The van der Waals surface area contributed by atoms with Crippen LogP contribution in [-0.4, -0.2) is 41.7 Å². The molecule has 20 heavy (non-hydrogen) atoms. The number of amides is 1. The van der Waals surface area contributed by atoms with Crippen LogP contribution >= 0.6 is 0 Å². The molecule has 1 aliphatic heterocycles. The van der Waals surface area contributed by atoms with Gasteiger partial charge < -0.3 is 10.4 Å². The predicted octanol–water partition coefficient (Wildman–Crippen LogP) is 1.21. The molecule has 0 saturated carbocycles. The molecule has 1 aromatic rings. The second kappa shape index (κ2) is 6.81. The molecular formula is C15H21FN2O2. The minimum absolute atomic E-state index is 0.0627. The highest BCUT2D eigenvalue weighted by Gasteiger charge is 2.25. The maximum absolute atomic E-state index is 13.1. The number of aryl methyl sites for hydroxylation is 1. The summed E-state index contributed by atoms with van der Waals surface area (Å²) in [6.45, 7) is 3.37. The molecule has 1 amide bonds. The Morgan fingerprint density at radius 3 is 3.05 bits per heavy atom. The van der Waals surface area contributed by atoms with Crippen LogP contribution in [0, 0.1) is 12.7 Å². The van der Waals surface area contributed by atoms with Crippen LogP contribution in [0.15, 0.2) is 18.2 Å². The molecule has 1 aromatic carbocycles. The van der Waals surface area contributed by atoms with Gasteiger partial charge in [-0.25, -0.2) is 4.39 Å². The third-order valence-corrected chi connectivity index (χ3v) is 3.77. The van der Waals surface area contributed by atoms with Crippen molar-refractivity contribution in [3.8, 4) is 0 Å². The molecule has 2 rings (SSSR count). The van der Waals surface area contributed by atoms with E-state index in [9.17, 15) is 14.3 Å². The zero-order chi connectivity index (χ0) is 14.5. The minimum Gasteiger partial charge on any atom is -0.395 e. The number of halogens is 1. The summed E-state index contributed by atoms with van der Waals surface area (Å²) in [5.41, 5.74) is 1.47. The summed E-state index contributed by atoms with van der Waals surface area (Å²) < 4.78 is 13.1. The first-order valence-corrected chi connectivity index (χ1v) is 6.97. The number of benzene rings is 1. The number of carbonyl (C=O) groups is 1. The fraction of sp³-hybridized carbons (Fsp3) is 0.533. The lowest BCUT2D eigenvalue weighted by Crippen LogP contribution is -2.40. The fourth-order valence-electron chi connectivity index (χ4n) is 2.57. The van der Waals surface area contributed by atoms with Gasteiger partial charge in [-0.2, -0.15) is 0 Å². The summed E-state index contributed by atoms with van der Waals surface area (Å²) in [5.74, 6) is -0.296. The molecule has 1 aliphatic rings. The van der Waals surface area contributed by atoms with Crippen molar-refractivity contribution < 1.29 is 14.3 Å². The van der Waals surface area contributed by atoms with Gasteiger partial charge in [0.05, 0.1) is 13.2 Å². The summed E-state index contributed by atoms with van der Waals surface area (Å²) in [4.78, 5) is 13.9. The first kappa shape index (κ1) is 14.9. The molecule has 0 aliphatic carbocycles. The van der Waals surface area contributed by atoms with Crippen LogP contribution in [0.5, 0.6) is 0 Å². The van der Waals surface area contributed by atoms with Crippen molar-refractivity contribution in [1.29, 1.82) is 0 Å². The van der Waals surface area contributed by atoms with Crippen molar-refractivity contribution in [3.63, 3.8) is 0 Å². The summed E-state index contributed by atoms with van der Waals surface area (Å²) in [5, 5.41) is 12.0. The monoisotopic (exact) mass is 280 g/mol. The van der Waals surface area contributed by atoms with Gasteiger partial charge in [-0.05, 0) is 43.5 Å². The van der Waals surface area contributed by atoms with E-state index in [0.717, 1.165) is 24.9 Å². The number of nitrogens with zero attached hydrogens (tertiary/aromatic N) is 1. The number of likely N-dealkylation sites (tertiary alicyclic amines) is 1. The Morgan fingerprint density at radius 1 is 1.55 bits per heavy atom. The summed E-state index contributed by atoms with van der Waals surface area (Å²) in [7, 11) is 0. The summed E-state index contributed by atoms with van der Waals surface area (Å²) in [6, 6.07) is 4.93. The van der Waals surface area contributed by atoms with Crippen molar-refractivity contribution in [2.75, 3.05) is 19.7 Å². The molecular weight excluding hydrogens is 259 g/mol. The lowest BCUT2D eigenvalue weighted by Gasteiger charge is -2.21. The highest BCUT2D eigenvalue weighted by Crippen LogP contribution is 2.15. The van der Waals surface area contributed by atoms with Crippen LogP contribution in [0.25, 0.3) is 0 Å². The van der Waals surface area contributed by atoms with Crippen LogP contribution in [0.1, 0.15) is 24.0 Å². The van der Waals surface area contributed by atoms with Crippen LogP contribution in [-0.2, 0) is 11.3 Å². The zero-order valence-corrected chi connectivity index (χ0v) is 11.7. The van der Waals surface area contributed by atoms with E-state index in [2.05, 4.69) is 5.32 Å². The second-order valence-corrected chi connectivity index (χ2v) is 5.31. The van der Waals surface area contributed by atoms with Gasteiger partial charge in [0.15, 0.2) is 0 Å². The molecule has 4 nitrogen and oxygen atoms in total. The van der Waals surface area contributed by atoms with Gasteiger partial charge in [-0.3, -0.25) is 9.69 Å². The van der Waals surface area contributed by atoms with Crippen molar-refractivity contribution in [2.24, 2.45) is 0 Å². The van der Waals surface area contributed by atoms with E-state index in [-0.39, 0.29) is 24.4 Å². The average molecular weight is 280 g/mol. The van der Waals surface area contributed by atoms with Crippen LogP contribution in [0.4, 0.5) is 4.39 Å². The van der Waals surface area contributed by atoms with Crippen molar-refractivity contribution in [2.45, 2.75) is 32.4 Å². The van der Waals surface area contributed by atoms with Crippen molar-refractivity contribution in [1.82, 2.24) is 10.2 Å². The van der Waals surface area contributed by atoms with E-state index in [1.165, 1.54) is 6.07 Å². The van der Waals surface area contributed by atoms with E-state index in [0.29, 0.717) is 18.7 Å². The van der Waals surface area contributed by atoms with Gasteiger partial charge in [-0.15, -0.1) is 0 Å². The molecule has 0 radical (unpaired) electrons. The normalized spacial score (nSPS) is 19.2. The van der Waals surface area contributed by atoms with Gasteiger partial charge >= 0.3 is 0 Å². The second-order valence-electron chi connectivity index (χ2n) is 5.31. The quantitative estimate of drug-likeness (QED) is 0.852. The third-order valence-electron chi connectivity index (χ3n) is 3.77. The fourth-order valence-corrected chi connectivity index (χ4v) is 2.57. The number of nitrogens with one attached hydrogen (secondary N) is 1. The Labute approximate surface area is 118 Å². The van der Waals surface area contributed by atoms with Crippen molar-refractivity contribution in [3.05, 3.63) is 35.1 Å². The first-order valence-electron chi connectivity index (χ1n) is 6.97. The smallest absolute Gasteiger partial charge is 0.234 e. The lowest BCUT2D eigenvalue weighted by atomic mass is 10.1. The van der Waals surface area contributed by atoms with Gasteiger partial charge in [0.2, 0.25) is 5.91 Å².